The van der Waals surface area contributed by atoms with E-state index in [1.54, 1.807) is 6.92 Å². The lowest BCUT2D eigenvalue weighted by Gasteiger charge is -2.36. The zero-order valence-corrected chi connectivity index (χ0v) is 25.2. The molecule has 35 heavy (non-hydrogen) atoms. The van der Waals surface area contributed by atoms with Gasteiger partial charge >= 0.3 is 0 Å². The minimum atomic E-state index is -0.656. The van der Waals surface area contributed by atoms with Crippen molar-refractivity contribution >= 4 is 25.4 Å². The number of hydrogen-bond acceptors (Lipinski definition) is 4. The Kier molecular flexibility index (Phi) is 14.7. The van der Waals surface area contributed by atoms with E-state index in [4.69, 9.17) is 12.6 Å². The number of amides is 2. The molecule has 6 nitrogen and oxygen atoms in total. The summed E-state index contributed by atoms with van der Waals surface area (Å²) in [5.74, 6) is -0.0349. The summed E-state index contributed by atoms with van der Waals surface area (Å²) in [6.07, 6.45) is 2.28. The molecule has 0 aliphatic carbocycles. The Balaban J connectivity index is 0. The first-order chi connectivity index (χ1) is 15.5. The molecule has 0 spiro atoms. The second kappa shape index (κ2) is 14.4. The van der Waals surface area contributed by atoms with Gasteiger partial charge in [0.05, 0.1) is 13.4 Å². The lowest BCUT2D eigenvalue weighted by Crippen LogP contribution is -2.40. The van der Waals surface area contributed by atoms with Crippen LogP contribution in [0.3, 0.4) is 0 Å². The van der Waals surface area contributed by atoms with Gasteiger partial charge in [0.25, 0.3) is 0 Å². The van der Waals surface area contributed by atoms with Crippen LogP contribution >= 0.6 is 0 Å². The van der Waals surface area contributed by atoms with Crippen molar-refractivity contribution in [2.45, 2.75) is 127 Å². The normalized spacial score (nSPS) is 14.3. The highest BCUT2D eigenvalue weighted by molar-refractivity contribution is 6.15. The highest BCUT2D eigenvalue weighted by atomic mass is 16.5. The molecule has 2 radical (unpaired) electrons. The average Bonchev–Trinajstić information content (AvgIpc) is 2.61. The predicted octanol–water partition coefficient (Wildman–Crippen LogP) is 5.64. The third kappa shape index (κ3) is 20.5. The predicted molar refractivity (Wildman–Crippen MR) is 148 cm³/mol. The zero-order valence-electron chi connectivity index (χ0n) is 25.2. The summed E-state index contributed by atoms with van der Waals surface area (Å²) in [6.45, 7) is 26.5. The smallest absolute Gasteiger partial charge is 0.246 e. The van der Waals surface area contributed by atoms with E-state index in [2.05, 4.69) is 38.3 Å². The Morgan fingerprint density at radius 1 is 0.686 bits per heavy atom. The topological polar surface area (TPSA) is 84.5 Å². The van der Waals surface area contributed by atoms with Crippen LogP contribution in [-0.2, 0) is 19.1 Å². The van der Waals surface area contributed by atoms with E-state index in [1.165, 1.54) is 0 Å². The summed E-state index contributed by atoms with van der Waals surface area (Å²) < 4.78 is 5.49. The Morgan fingerprint density at radius 2 is 1.14 bits per heavy atom. The summed E-state index contributed by atoms with van der Waals surface area (Å²) in [5, 5.41) is 5.25. The second-order valence-electron chi connectivity index (χ2n) is 13.5. The molecule has 0 fully saturated rings. The van der Waals surface area contributed by atoms with Crippen molar-refractivity contribution in [1.29, 1.82) is 0 Å². The third-order valence-electron chi connectivity index (χ3n) is 5.30. The minimum Gasteiger partial charge on any atom is -0.366 e. The van der Waals surface area contributed by atoms with Crippen LogP contribution < -0.4 is 10.6 Å². The first-order valence-corrected chi connectivity index (χ1v) is 13.0. The highest BCUT2D eigenvalue weighted by Crippen LogP contribution is 2.39. The fourth-order valence-electron chi connectivity index (χ4n) is 4.78. The summed E-state index contributed by atoms with van der Waals surface area (Å²) in [6, 6.07) is 0. The molecule has 1 unspecified atom stereocenters. The van der Waals surface area contributed by atoms with Gasteiger partial charge in [-0.2, -0.15) is 0 Å². The van der Waals surface area contributed by atoms with Crippen LogP contribution in [0, 0.1) is 16.2 Å². The summed E-state index contributed by atoms with van der Waals surface area (Å²) >= 11 is 0. The lowest BCUT2D eigenvalue weighted by molar-refractivity contribution is -0.130. The number of Topliss-reactive ketones (excluding diaryl/α,β-unsaturated/α-hetero) is 1. The van der Waals surface area contributed by atoms with Crippen LogP contribution in [0.4, 0.5) is 0 Å². The number of carbonyl (C=O) groups excluding carboxylic acids is 3. The van der Waals surface area contributed by atoms with Crippen LogP contribution in [0.25, 0.3) is 0 Å². The number of rotatable bonds is 14. The van der Waals surface area contributed by atoms with E-state index < -0.39 is 5.31 Å². The number of hydrogen-bond donors (Lipinski definition) is 2. The molecule has 2 N–H and O–H groups in total. The van der Waals surface area contributed by atoms with Gasteiger partial charge in [-0.3, -0.25) is 9.59 Å². The first-order valence-electron chi connectivity index (χ1n) is 13.0. The van der Waals surface area contributed by atoms with Crippen molar-refractivity contribution in [1.82, 2.24) is 10.6 Å². The van der Waals surface area contributed by atoms with Crippen LogP contribution in [0.2, 0.25) is 5.31 Å². The van der Waals surface area contributed by atoms with E-state index in [0.717, 1.165) is 6.42 Å². The molecule has 0 rings (SSSR count). The summed E-state index contributed by atoms with van der Waals surface area (Å²) in [5.41, 5.74) is -0.946. The molecule has 0 aliphatic heterocycles. The fraction of sp³-hybridized carbons (Fsp3) is 0.893. The molecule has 0 aromatic heterocycles. The Labute approximate surface area is 217 Å². The van der Waals surface area contributed by atoms with E-state index in [1.807, 2.05) is 55.4 Å². The molecule has 0 bridgehead atoms. The molecule has 7 heteroatoms. The van der Waals surface area contributed by atoms with Gasteiger partial charge in [-0.05, 0) is 56.8 Å². The molecule has 0 aromatic carbocycles. The first kappa shape index (κ1) is 35.8. The van der Waals surface area contributed by atoms with Crippen molar-refractivity contribution in [2.24, 2.45) is 16.2 Å². The molecular weight excluding hydrogens is 439 g/mol. The molecule has 0 aromatic rings. The Bertz CT molecular complexity index is 677. The van der Waals surface area contributed by atoms with Gasteiger partial charge in [0, 0.05) is 25.9 Å². The molecule has 2 amide bonds. The molecule has 0 saturated carbocycles. The number of ether oxygens (including phenoxy) is 1. The maximum Gasteiger partial charge on any atom is 0.246 e. The van der Waals surface area contributed by atoms with E-state index in [9.17, 15) is 14.4 Å². The standard InChI is InChI=1S/C26H49BN2O4.C2H6/c1-19(30)12-23(5,6)15-25(9,10)17-28-20(31)13-24(7,8)16-26(11,27)18-29-21(32)14-33-22(2,3)4;1-2/h12-18H2,1-11H3,(H,28,31)(H,29,32);1-2H3. The molecule has 1 atom stereocenters. The monoisotopic (exact) mass is 494 g/mol. The van der Waals surface area contributed by atoms with Gasteiger partial charge in [0.1, 0.15) is 12.4 Å². The summed E-state index contributed by atoms with van der Waals surface area (Å²) in [4.78, 5) is 36.3. The van der Waals surface area contributed by atoms with Crippen LogP contribution in [0.1, 0.15) is 116 Å². The SMILES string of the molecule is CC.[B]C(C)(CNC(=O)COC(C)(C)C)CC(C)(C)CC(=O)NCC(C)(C)CC(C)(C)CC(C)=O. The maximum absolute atomic E-state index is 12.7. The van der Waals surface area contributed by atoms with E-state index in [-0.39, 0.29) is 46.1 Å². The minimum absolute atomic E-state index is 0.00954. The van der Waals surface area contributed by atoms with Crippen molar-refractivity contribution in [3.05, 3.63) is 0 Å². The third-order valence-corrected chi connectivity index (χ3v) is 5.30. The van der Waals surface area contributed by atoms with Gasteiger partial charge in [-0.15, -0.1) is 0 Å². The van der Waals surface area contributed by atoms with Crippen molar-refractivity contribution in [3.8, 4) is 0 Å². The molecule has 0 heterocycles. The van der Waals surface area contributed by atoms with Crippen molar-refractivity contribution < 1.29 is 19.1 Å². The van der Waals surface area contributed by atoms with Gasteiger partial charge in [0.15, 0.2) is 0 Å². The van der Waals surface area contributed by atoms with Crippen LogP contribution in [0.5, 0.6) is 0 Å². The average molecular weight is 495 g/mol. The molecule has 0 saturated heterocycles. The molecule has 0 aliphatic rings. The zero-order chi connectivity index (χ0) is 28.3. The highest BCUT2D eigenvalue weighted by Gasteiger charge is 2.33. The van der Waals surface area contributed by atoms with Gasteiger partial charge in [-0.1, -0.05) is 67.6 Å². The largest absolute Gasteiger partial charge is 0.366 e. The molecule has 204 valence electrons. The number of carbonyl (C=O) groups is 3. The Hall–Kier alpha value is -1.37. The number of nitrogens with one attached hydrogen (secondary N) is 2. The number of ketones is 1. The van der Waals surface area contributed by atoms with Gasteiger partial charge < -0.3 is 20.2 Å². The van der Waals surface area contributed by atoms with Gasteiger partial charge in [-0.25, -0.2) is 0 Å². The second-order valence-corrected chi connectivity index (χ2v) is 13.5. The van der Waals surface area contributed by atoms with Crippen molar-refractivity contribution in [3.63, 3.8) is 0 Å². The fourth-order valence-corrected chi connectivity index (χ4v) is 4.78. The quantitative estimate of drug-likeness (QED) is 0.306. The molecular formula is C28H55BN2O4. The van der Waals surface area contributed by atoms with E-state index in [0.29, 0.717) is 32.4 Å². The van der Waals surface area contributed by atoms with Crippen LogP contribution in [0.15, 0.2) is 0 Å². The van der Waals surface area contributed by atoms with Crippen molar-refractivity contribution in [2.75, 3.05) is 19.7 Å². The maximum atomic E-state index is 12.7. The van der Waals surface area contributed by atoms with Gasteiger partial charge in [0.2, 0.25) is 11.8 Å². The van der Waals surface area contributed by atoms with Crippen LogP contribution in [-0.4, -0.2) is 50.7 Å². The summed E-state index contributed by atoms with van der Waals surface area (Å²) in [7, 11) is 6.45. The Morgan fingerprint density at radius 3 is 1.60 bits per heavy atom. The lowest BCUT2D eigenvalue weighted by atomic mass is 9.61. The van der Waals surface area contributed by atoms with E-state index >= 15 is 0 Å².